The van der Waals surface area contributed by atoms with Gasteiger partial charge in [-0.25, -0.2) is 4.68 Å². The van der Waals surface area contributed by atoms with Crippen molar-refractivity contribution in [2.75, 3.05) is 26.3 Å². The van der Waals surface area contributed by atoms with E-state index in [0.717, 1.165) is 13.1 Å². The van der Waals surface area contributed by atoms with Gasteiger partial charge in [0.15, 0.2) is 5.69 Å². The molecular weight excluding hydrogens is 272 g/mol. The Kier molecular flexibility index (Phi) is 3.68. The van der Waals surface area contributed by atoms with E-state index in [4.69, 9.17) is 10.5 Å². The van der Waals surface area contributed by atoms with Crippen LogP contribution in [0.1, 0.15) is 10.5 Å². The summed E-state index contributed by atoms with van der Waals surface area (Å²) in [6.45, 7) is 3.40. The number of fused-ring (bicyclic) bond motifs is 1. The number of hydrogen-bond acceptors (Lipinski definition) is 5. The zero-order valence-corrected chi connectivity index (χ0v) is 11.5. The number of carbonyl (C=O) groups excluding carboxylic acids is 1. The highest BCUT2D eigenvalue weighted by Gasteiger charge is 2.17. The van der Waals surface area contributed by atoms with Crippen LogP contribution in [-0.4, -0.2) is 46.9 Å². The molecule has 2 N–H and O–H groups in total. The van der Waals surface area contributed by atoms with E-state index in [-0.39, 0.29) is 5.69 Å². The van der Waals surface area contributed by atoms with Crippen molar-refractivity contribution >= 4 is 16.8 Å². The Labute approximate surface area is 120 Å². The van der Waals surface area contributed by atoms with E-state index in [0.29, 0.717) is 30.8 Å². The minimum absolute atomic E-state index is 0.220. The van der Waals surface area contributed by atoms with Crippen LogP contribution in [0.25, 0.3) is 10.9 Å². The molecule has 2 aromatic rings. The molecule has 1 saturated heterocycles. The number of primary amides is 1. The highest BCUT2D eigenvalue weighted by molar-refractivity contribution is 5.94. The van der Waals surface area contributed by atoms with Gasteiger partial charge in [0.1, 0.15) is 0 Å². The van der Waals surface area contributed by atoms with Gasteiger partial charge in [-0.1, -0.05) is 12.1 Å². The largest absolute Gasteiger partial charge is 0.379 e. The molecule has 1 aromatic carbocycles. The molecule has 2 heterocycles. The molecule has 1 fully saturated rings. The van der Waals surface area contributed by atoms with Gasteiger partial charge in [-0.2, -0.15) is 5.10 Å². The fourth-order valence-corrected chi connectivity index (χ4v) is 2.44. The molecule has 1 amide bonds. The maximum Gasteiger partial charge on any atom is 0.273 e. The predicted octanol–water partition coefficient (Wildman–Crippen LogP) is -0.215. The summed E-state index contributed by atoms with van der Waals surface area (Å²) in [5, 5.41) is 4.59. The molecule has 0 spiro atoms. The van der Waals surface area contributed by atoms with Crippen molar-refractivity contribution in [1.29, 1.82) is 0 Å². The molecule has 7 nitrogen and oxygen atoms in total. The molecule has 21 heavy (non-hydrogen) atoms. The lowest BCUT2D eigenvalue weighted by Crippen LogP contribution is -2.39. The van der Waals surface area contributed by atoms with Gasteiger partial charge in [-0.15, -0.1) is 0 Å². The van der Waals surface area contributed by atoms with Gasteiger partial charge in [0.25, 0.3) is 5.91 Å². The molecule has 1 aromatic heterocycles. The SMILES string of the molecule is NC(=O)c1nn(CN2CCOCC2)c2ccccc2c1=O. The minimum Gasteiger partial charge on any atom is -0.379 e. The summed E-state index contributed by atoms with van der Waals surface area (Å²) in [5.74, 6) is -0.804. The van der Waals surface area contributed by atoms with E-state index in [1.165, 1.54) is 0 Å². The van der Waals surface area contributed by atoms with E-state index < -0.39 is 11.3 Å². The van der Waals surface area contributed by atoms with Crippen molar-refractivity contribution < 1.29 is 9.53 Å². The van der Waals surface area contributed by atoms with Crippen LogP contribution >= 0.6 is 0 Å². The Hall–Kier alpha value is -2.25. The summed E-state index contributed by atoms with van der Waals surface area (Å²) in [6, 6.07) is 7.09. The molecule has 1 aliphatic heterocycles. The first-order valence-electron chi connectivity index (χ1n) is 6.76. The van der Waals surface area contributed by atoms with Gasteiger partial charge >= 0.3 is 0 Å². The van der Waals surface area contributed by atoms with Crippen LogP contribution in [-0.2, 0) is 11.4 Å². The molecule has 110 valence electrons. The third kappa shape index (κ3) is 2.65. The smallest absolute Gasteiger partial charge is 0.273 e. The van der Waals surface area contributed by atoms with E-state index >= 15 is 0 Å². The highest BCUT2D eigenvalue weighted by atomic mass is 16.5. The van der Waals surface area contributed by atoms with Crippen molar-refractivity contribution in [1.82, 2.24) is 14.7 Å². The number of amides is 1. The van der Waals surface area contributed by atoms with Crippen LogP contribution in [0, 0.1) is 0 Å². The fourth-order valence-electron chi connectivity index (χ4n) is 2.44. The fraction of sp³-hybridized carbons (Fsp3) is 0.357. The average Bonchev–Trinajstić information content (AvgIpc) is 2.51. The number of aromatic nitrogens is 2. The third-order valence-corrected chi connectivity index (χ3v) is 3.53. The standard InChI is InChI=1S/C14H16N4O3/c15-14(20)12-13(19)10-3-1-2-4-11(10)18(16-12)9-17-5-7-21-8-6-17/h1-4H,5-9H2,(H2,15,20). The van der Waals surface area contributed by atoms with Crippen LogP contribution < -0.4 is 11.2 Å². The number of rotatable bonds is 3. The number of morpholine rings is 1. The van der Waals surface area contributed by atoms with Gasteiger partial charge in [0.2, 0.25) is 5.43 Å². The molecule has 0 saturated carbocycles. The highest BCUT2D eigenvalue weighted by Crippen LogP contribution is 2.11. The first kappa shape index (κ1) is 13.7. The van der Waals surface area contributed by atoms with Gasteiger partial charge in [0.05, 0.1) is 25.4 Å². The second-order valence-electron chi connectivity index (χ2n) is 4.93. The van der Waals surface area contributed by atoms with Crippen molar-refractivity contribution in [2.45, 2.75) is 6.67 Å². The lowest BCUT2D eigenvalue weighted by atomic mass is 10.2. The zero-order chi connectivity index (χ0) is 14.8. The van der Waals surface area contributed by atoms with Crippen LogP contribution in [0.4, 0.5) is 0 Å². The van der Waals surface area contributed by atoms with Crippen LogP contribution in [0.2, 0.25) is 0 Å². The Morgan fingerprint density at radius 1 is 1.29 bits per heavy atom. The number of nitrogens with zero attached hydrogens (tertiary/aromatic N) is 3. The number of para-hydroxylation sites is 1. The molecule has 3 rings (SSSR count). The molecule has 0 unspecified atom stereocenters. The number of benzene rings is 1. The lowest BCUT2D eigenvalue weighted by molar-refractivity contribution is 0.0218. The summed E-state index contributed by atoms with van der Waals surface area (Å²) in [6.07, 6.45) is 0. The normalized spacial score (nSPS) is 16.2. The van der Waals surface area contributed by atoms with Gasteiger partial charge in [0, 0.05) is 18.5 Å². The first-order chi connectivity index (χ1) is 10.2. The molecular formula is C14H16N4O3. The van der Waals surface area contributed by atoms with Crippen molar-refractivity contribution in [3.8, 4) is 0 Å². The van der Waals surface area contributed by atoms with Crippen LogP contribution in [0.5, 0.6) is 0 Å². The maximum absolute atomic E-state index is 12.2. The van der Waals surface area contributed by atoms with E-state index in [1.54, 1.807) is 16.8 Å². The monoisotopic (exact) mass is 288 g/mol. The summed E-state index contributed by atoms with van der Waals surface area (Å²) in [4.78, 5) is 25.8. The summed E-state index contributed by atoms with van der Waals surface area (Å²) < 4.78 is 6.97. The van der Waals surface area contributed by atoms with Gasteiger partial charge in [-0.3, -0.25) is 14.5 Å². The lowest BCUT2D eigenvalue weighted by Gasteiger charge is -2.27. The predicted molar refractivity (Wildman–Crippen MR) is 76.9 cm³/mol. The quantitative estimate of drug-likeness (QED) is 0.843. The summed E-state index contributed by atoms with van der Waals surface area (Å²) in [5.41, 5.74) is 5.31. The summed E-state index contributed by atoms with van der Waals surface area (Å²) in [7, 11) is 0. The second kappa shape index (κ2) is 5.63. The average molecular weight is 288 g/mol. The Bertz CT molecular complexity index is 735. The first-order valence-corrected chi connectivity index (χ1v) is 6.76. The second-order valence-corrected chi connectivity index (χ2v) is 4.93. The number of nitrogens with two attached hydrogens (primary N) is 1. The number of ether oxygens (including phenoxy) is 1. The Balaban J connectivity index is 2.09. The molecule has 0 aliphatic carbocycles. The molecule has 0 atom stereocenters. The zero-order valence-electron chi connectivity index (χ0n) is 11.5. The van der Waals surface area contributed by atoms with Crippen LogP contribution in [0.15, 0.2) is 29.1 Å². The van der Waals surface area contributed by atoms with Gasteiger partial charge < -0.3 is 10.5 Å². The van der Waals surface area contributed by atoms with Gasteiger partial charge in [-0.05, 0) is 12.1 Å². The van der Waals surface area contributed by atoms with Crippen LogP contribution in [0.3, 0.4) is 0 Å². The molecule has 0 radical (unpaired) electrons. The van der Waals surface area contributed by atoms with Crippen molar-refractivity contribution in [2.24, 2.45) is 5.73 Å². The van der Waals surface area contributed by atoms with E-state index in [9.17, 15) is 9.59 Å². The molecule has 0 bridgehead atoms. The summed E-state index contributed by atoms with van der Waals surface area (Å²) >= 11 is 0. The molecule has 7 heteroatoms. The maximum atomic E-state index is 12.2. The van der Waals surface area contributed by atoms with Crippen molar-refractivity contribution in [3.05, 3.63) is 40.2 Å². The Morgan fingerprint density at radius 2 is 2.00 bits per heavy atom. The third-order valence-electron chi connectivity index (χ3n) is 3.53. The number of carbonyl (C=O) groups is 1. The Morgan fingerprint density at radius 3 is 2.71 bits per heavy atom. The topological polar surface area (TPSA) is 90.5 Å². The van der Waals surface area contributed by atoms with E-state index in [1.807, 2.05) is 12.1 Å². The minimum atomic E-state index is -0.804. The number of hydrogen-bond donors (Lipinski definition) is 1. The molecule has 1 aliphatic rings. The van der Waals surface area contributed by atoms with E-state index in [2.05, 4.69) is 10.00 Å². The van der Waals surface area contributed by atoms with Crippen molar-refractivity contribution in [3.63, 3.8) is 0 Å².